The number of ether oxygens (including phenoxy) is 1. The smallest absolute Gasteiger partial charge is 0.181 e. The molecule has 0 saturated heterocycles. The Morgan fingerprint density at radius 1 is 1.03 bits per heavy atom. The van der Waals surface area contributed by atoms with Crippen molar-refractivity contribution >= 4 is 28.4 Å². The van der Waals surface area contributed by atoms with E-state index < -0.39 is 0 Å². The molecule has 0 aliphatic heterocycles. The van der Waals surface area contributed by atoms with E-state index in [0.29, 0.717) is 17.9 Å². The summed E-state index contributed by atoms with van der Waals surface area (Å²) in [5, 5.41) is 11.1. The average Bonchev–Trinajstić information content (AvgIpc) is 3.42. The van der Waals surface area contributed by atoms with Crippen molar-refractivity contribution in [1.29, 1.82) is 0 Å². The average molecular weight is 441 g/mol. The second-order valence-electron chi connectivity index (χ2n) is 7.63. The molecular weight excluding hydrogens is 416 g/mol. The van der Waals surface area contributed by atoms with Crippen LogP contribution in [0.1, 0.15) is 11.4 Å². The van der Waals surface area contributed by atoms with Crippen LogP contribution in [0, 0.1) is 6.92 Å². The minimum Gasteiger partial charge on any atom is -0.494 e. The van der Waals surface area contributed by atoms with E-state index in [-0.39, 0.29) is 0 Å². The highest BCUT2D eigenvalue weighted by Crippen LogP contribution is 2.38. The summed E-state index contributed by atoms with van der Waals surface area (Å²) in [5.74, 6) is 2.91. The van der Waals surface area contributed by atoms with Crippen LogP contribution in [0.5, 0.6) is 5.75 Å². The number of nitrogens with zero attached hydrogens (tertiary/aromatic N) is 5. The highest BCUT2D eigenvalue weighted by Gasteiger charge is 2.17. The number of methoxy groups -OCH3 is 1. The molecule has 5 aromatic rings. The minimum absolute atomic E-state index is 0.636. The molecule has 0 radical (unpaired) electrons. The molecule has 0 fully saturated rings. The van der Waals surface area contributed by atoms with Gasteiger partial charge in [-0.1, -0.05) is 36.4 Å². The predicted octanol–water partition coefficient (Wildman–Crippen LogP) is 4.43. The Morgan fingerprint density at radius 3 is 2.64 bits per heavy atom. The van der Waals surface area contributed by atoms with Crippen molar-refractivity contribution in [2.45, 2.75) is 13.5 Å². The Balaban J connectivity index is 1.53. The number of hydrogen-bond acceptors (Lipinski definition) is 7. The first-order valence-corrected chi connectivity index (χ1v) is 10.6. The van der Waals surface area contributed by atoms with Gasteiger partial charge in [-0.2, -0.15) is 5.10 Å². The van der Waals surface area contributed by atoms with Crippen LogP contribution < -0.4 is 15.4 Å². The van der Waals surface area contributed by atoms with Crippen LogP contribution in [-0.4, -0.2) is 36.8 Å². The third kappa shape index (κ3) is 4.08. The van der Waals surface area contributed by atoms with Crippen LogP contribution >= 0.6 is 0 Å². The number of fused-ring (bicyclic) bond motifs is 1. The molecule has 0 aliphatic carbocycles. The van der Waals surface area contributed by atoms with E-state index in [0.717, 1.165) is 39.9 Å². The van der Waals surface area contributed by atoms with E-state index >= 15 is 0 Å². The molecule has 3 aromatic heterocycles. The van der Waals surface area contributed by atoms with Crippen LogP contribution in [0.25, 0.3) is 22.6 Å². The molecule has 9 nitrogen and oxygen atoms in total. The van der Waals surface area contributed by atoms with Crippen molar-refractivity contribution in [3.63, 3.8) is 0 Å². The number of benzene rings is 2. The summed E-state index contributed by atoms with van der Waals surface area (Å²) < 4.78 is 7.50. The number of aromatic amines is 1. The predicted molar refractivity (Wildman–Crippen MR) is 129 cm³/mol. The van der Waals surface area contributed by atoms with Gasteiger partial charge in [-0.3, -0.25) is 0 Å². The fourth-order valence-corrected chi connectivity index (χ4v) is 3.80. The zero-order valence-electron chi connectivity index (χ0n) is 18.6. The molecule has 3 N–H and O–H groups in total. The molecular formula is C24H24N8O. The molecule has 0 atom stereocenters. The van der Waals surface area contributed by atoms with Gasteiger partial charge in [0.15, 0.2) is 17.2 Å². The molecule has 3 heterocycles. The molecule has 33 heavy (non-hydrogen) atoms. The molecule has 9 heteroatoms. The van der Waals surface area contributed by atoms with E-state index in [9.17, 15) is 0 Å². The third-order valence-electron chi connectivity index (χ3n) is 5.34. The monoisotopic (exact) mass is 440 g/mol. The standard InChI is InChI=1S/C24H24N8O/c1-15-28-21-19(12-20(31-23(21)29-15)25-13-16-8-5-4-6-9-16)30-18-11-7-10-17(22(18)33-3)24-26-14-27-32(24)2/h4-12,14H,13H2,1-3H3,(H3,25,28,29,30,31). The van der Waals surface area contributed by atoms with Crippen LogP contribution in [-0.2, 0) is 13.6 Å². The maximum Gasteiger partial charge on any atom is 0.181 e. The first-order chi connectivity index (χ1) is 16.1. The minimum atomic E-state index is 0.636. The number of aryl methyl sites for hydroxylation is 2. The maximum atomic E-state index is 5.78. The molecule has 0 spiro atoms. The van der Waals surface area contributed by atoms with E-state index in [2.05, 4.69) is 47.8 Å². The summed E-state index contributed by atoms with van der Waals surface area (Å²) in [6, 6.07) is 18.1. The Labute approximate surface area is 190 Å². The highest BCUT2D eigenvalue weighted by molar-refractivity contribution is 5.91. The lowest BCUT2D eigenvalue weighted by Gasteiger charge is -2.16. The number of hydrogen-bond donors (Lipinski definition) is 3. The van der Waals surface area contributed by atoms with Gasteiger partial charge in [0.05, 0.1) is 24.0 Å². The van der Waals surface area contributed by atoms with Crippen LogP contribution in [0.4, 0.5) is 17.2 Å². The number of H-pyrrole nitrogens is 1. The van der Waals surface area contributed by atoms with Gasteiger partial charge in [-0.05, 0) is 24.6 Å². The third-order valence-corrected chi connectivity index (χ3v) is 5.34. The zero-order valence-corrected chi connectivity index (χ0v) is 18.6. The van der Waals surface area contributed by atoms with Crippen molar-refractivity contribution in [2.75, 3.05) is 17.7 Å². The van der Waals surface area contributed by atoms with E-state index in [1.54, 1.807) is 11.8 Å². The SMILES string of the molecule is COc1c(Nc2cc(NCc3ccccc3)nc3nc(C)[nH]c23)cccc1-c1ncnn1C. The fourth-order valence-electron chi connectivity index (χ4n) is 3.80. The number of nitrogens with one attached hydrogen (secondary N) is 3. The molecule has 0 saturated carbocycles. The van der Waals surface area contributed by atoms with Crippen molar-refractivity contribution in [3.05, 3.63) is 72.3 Å². The second-order valence-corrected chi connectivity index (χ2v) is 7.63. The van der Waals surface area contributed by atoms with E-state index in [1.807, 2.05) is 56.4 Å². The Morgan fingerprint density at radius 2 is 1.88 bits per heavy atom. The summed E-state index contributed by atoms with van der Waals surface area (Å²) in [6.07, 6.45) is 1.53. The largest absolute Gasteiger partial charge is 0.494 e. The second kappa shape index (κ2) is 8.62. The van der Waals surface area contributed by atoms with Crippen LogP contribution in [0.2, 0.25) is 0 Å². The summed E-state index contributed by atoms with van der Waals surface area (Å²) in [6.45, 7) is 2.57. The number of pyridine rings is 1. The summed E-state index contributed by atoms with van der Waals surface area (Å²) >= 11 is 0. The van der Waals surface area contributed by atoms with Gasteiger partial charge in [-0.15, -0.1) is 0 Å². The molecule has 0 aliphatic rings. The lowest BCUT2D eigenvalue weighted by atomic mass is 10.1. The number of imidazole rings is 1. The molecule has 0 amide bonds. The molecule has 0 unspecified atom stereocenters. The number of aromatic nitrogens is 6. The van der Waals surface area contributed by atoms with Gasteiger partial charge in [0.2, 0.25) is 0 Å². The normalized spacial score (nSPS) is 11.0. The zero-order chi connectivity index (χ0) is 22.8. The van der Waals surface area contributed by atoms with Crippen molar-refractivity contribution < 1.29 is 4.74 Å². The lowest BCUT2D eigenvalue weighted by Crippen LogP contribution is -2.04. The van der Waals surface area contributed by atoms with Gasteiger partial charge < -0.3 is 20.4 Å². The Kier molecular flexibility index (Phi) is 5.35. The summed E-state index contributed by atoms with van der Waals surface area (Å²) in [4.78, 5) is 16.9. The Bertz CT molecular complexity index is 1410. The molecule has 0 bridgehead atoms. The molecule has 2 aromatic carbocycles. The van der Waals surface area contributed by atoms with E-state index in [4.69, 9.17) is 4.74 Å². The quantitative estimate of drug-likeness (QED) is 0.344. The number of para-hydroxylation sites is 1. The first kappa shape index (κ1) is 20.5. The maximum absolute atomic E-state index is 5.78. The number of rotatable bonds is 7. The highest BCUT2D eigenvalue weighted by atomic mass is 16.5. The molecule has 166 valence electrons. The van der Waals surface area contributed by atoms with Crippen molar-refractivity contribution in [3.8, 4) is 17.1 Å². The van der Waals surface area contributed by atoms with Gasteiger partial charge in [-0.25, -0.2) is 19.6 Å². The molecule has 5 rings (SSSR count). The van der Waals surface area contributed by atoms with Gasteiger partial charge in [0.1, 0.15) is 23.5 Å². The van der Waals surface area contributed by atoms with Gasteiger partial charge in [0.25, 0.3) is 0 Å². The van der Waals surface area contributed by atoms with Crippen molar-refractivity contribution in [1.82, 2.24) is 29.7 Å². The fraction of sp³-hybridized carbons (Fsp3) is 0.167. The number of anilines is 3. The van der Waals surface area contributed by atoms with E-state index in [1.165, 1.54) is 11.9 Å². The van der Waals surface area contributed by atoms with Gasteiger partial charge in [0, 0.05) is 19.7 Å². The van der Waals surface area contributed by atoms with Crippen LogP contribution in [0.3, 0.4) is 0 Å². The van der Waals surface area contributed by atoms with Crippen molar-refractivity contribution in [2.24, 2.45) is 7.05 Å². The first-order valence-electron chi connectivity index (χ1n) is 10.6. The lowest BCUT2D eigenvalue weighted by molar-refractivity contribution is 0.418. The van der Waals surface area contributed by atoms with Gasteiger partial charge >= 0.3 is 0 Å². The Hall–Kier alpha value is -4.40. The van der Waals surface area contributed by atoms with Crippen LogP contribution in [0.15, 0.2) is 60.9 Å². The topological polar surface area (TPSA) is 106 Å². The summed E-state index contributed by atoms with van der Waals surface area (Å²) in [7, 11) is 3.50. The summed E-state index contributed by atoms with van der Waals surface area (Å²) in [5.41, 5.74) is 5.11.